The maximum absolute atomic E-state index is 12.8. The maximum Gasteiger partial charge on any atom is 0.281 e. The minimum absolute atomic E-state index is 0.102. The average Bonchev–Trinajstić information content (AvgIpc) is 3.23. The molecule has 2 aromatic heterocycles. The third-order valence-electron chi connectivity index (χ3n) is 5.18. The first-order valence-electron chi connectivity index (χ1n) is 9.69. The predicted molar refractivity (Wildman–Crippen MR) is 115 cm³/mol. The van der Waals surface area contributed by atoms with Crippen molar-refractivity contribution in [2.75, 3.05) is 31.5 Å². The third kappa shape index (κ3) is 4.37. The van der Waals surface area contributed by atoms with E-state index in [2.05, 4.69) is 22.2 Å². The topological polar surface area (TPSA) is 78.4 Å². The highest BCUT2D eigenvalue weighted by Crippen LogP contribution is 2.32. The molecule has 0 amide bonds. The van der Waals surface area contributed by atoms with Crippen LogP contribution in [0.3, 0.4) is 0 Å². The van der Waals surface area contributed by atoms with Crippen LogP contribution in [0.4, 0.5) is 10.8 Å². The number of thiazole rings is 1. The number of pyridine rings is 1. The second-order valence-corrected chi connectivity index (χ2v) is 10.3. The van der Waals surface area contributed by atoms with Crippen LogP contribution in [0.25, 0.3) is 0 Å². The average molecular weight is 424 g/mol. The summed E-state index contributed by atoms with van der Waals surface area (Å²) >= 11 is 1.63. The molecule has 0 spiro atoms. The van der Waals surface area contributed by atoms with Gasteiger partial charge in [-0.25, -0.2) is 4.98 Å². The first-order valence-corrected chi connectivity index (χ1v) is 11.9. The lowest BCUT2D eigenvalue weighted by Gasteiger charge is -2.25. The lowest BCUT2D eigenvalue weighted by atomic mass is 10.0. The Hall–Kier alpha value is -1.55. The van der Waals surface area contributed by atoms with Gasteiger partial charge in [0.05, 0.1) is 5.69 Å². The molecular formula is C19H29N5O2S2. The molecule has 28 heavy (non-hydrogen) atoms. The molecule has 154 valence electrons. The molecule has 0 bridgehead atoms. The van der Waals surface area contributed by atoms with E-state index in [1.54, 1.807) is 15.6 Å². The van der Waals surface area contributed by atoms with E-state index in [1.165, 1.54) is 9.18 Å². The van der Waals surface area contributed by atoms with Crippen LogP contribution in [0.15, 0.2) is 12.1 Å². The number of hydrogen-bond acceptors (Lipinski definition) is 6. The minimum atomic E-state index is -3.40. The summed E-state index contributed by atoms with van der Waals surface area (Å²) in [6.07, 6.45) is 0.784. The van der Waals surface area contributed by atoms with Crippen LogP contribution in [0, 0.1) is 20.8 Å². The predicted octanol–water partition coefficient (Wildman–Crippen LogP) is 3.58. The van der Waals surface area contributed by atoms with Gasteiger partial charge in [-0.05, 0) is 39.3 Å². The SMILES string of the molecule is CCN(CC)S(=O)(=O)N1CC[C@@H](c2cc(Nc3nc(C)c(C)s3)cc(C)n2)C1. The van der Waals surface area contributed by atoms with Gasteiger partial charge in [0.2, 0.25) is 0 Å². The van der Waals surface area contributed by atoms with Crippen molar-refractivity contribution in [2.45, 2.75) is 47.0 Å². The standard InChI is InChI=1S/C19H29N5O2S2/c1-6-23(7-2)28(25,26)24-9-8-16(12-24)18-11-17(10-13(3)20-18)22-19-21-14(4)15(5)27-19/h10-11,16H,6-9,12H2,1-5H3,(H,20,21,22)/t16-/m1/s1. The van der Waals surface area contributed by atoms with Gasteiger partial charge in [0.25, 0.3) is 10.2 Å². The Morgan fingerprint density at radius 1 is 1.21 bits per heavy atom. The number of aromatic nitrogens is 2. The summed E-state index contributed by atoms with van der Waals surface area (Å²) in [6, 6.07) is 4.02. The van der Waals surface area contributed by atoms with Crippen LogP contribution in [0.2, 0.25) is 0 Å². The second-order valence-electron chi connectivity index (χ2n) is 7.14. The van der Waals surface area contributed by atoms with Gasteiger partial charge in [-0.15, -0.1) is 11.3 Å². The van der Waals surface area contributed by atoms with Crippen LogP contribution >= 0.6 is 11.3 Å². The molecule has 0 radical (unpaired) electrons. The van der Waals surface area contributed by atoms with Gasteiger partial charge >= 0.3 is 0 Å². The fourth-order valence-corrected chi connectivity index (χ4v) is 6.04. The molecule has 0 aliphatic carbocycles. The highest BCUT2D eigenvalue weighted by atomic mass is 32.2. The van der Waals surface area contributed by atoms with Crippen LogP contribution in [0.1, 0.15) is 48.1 Å². The Morgan fingerprint density at radius 2 is 1.93 bits per heavy atom. The van der Waals surface area contributed by atoms with E-state index in [4.69, 9.17) is 0 Å². The summed E-state index contributed by atoms with van der Waals surface area (Å²) in [5.41, 5.74) is 3.83. The zero-order chi connectivity index (χ0) is 20.5. The van der Waals surface area contributed by atoms with E-state index in [0.29, 0.717) is 26.2 Å². The van der Waals surface area contributed by atoms with E-state index in [-0.39, 0.29) is 5.92 Å². The Labute approximate surface area is 172 Å². The highest BCUT2D eigenvalue weighted by molar-refractivity contribution is 7.86. The molecule has 1 aliphatic heterocycles. The molecule has 0 aromatic carbocycles. The Bertz CT molecular complexity index is 918. The van der Waals surface area contributed by atoms with E-state index in [0.717, 1.165) is 34.3 Å². The maximum atomic E-state index is 12.8. The van der Waals surface area contributed by atoms with Gasteiger partial charge in [-0.1, -0.05) is 13.8 Å². The van der Waals surface area contributed by atoms with E-state index < -0.39 is 10.2 Å². The summed E-state index contributed by atoms with van der Waals surface area (Å²) in [6.45, 7) is 11.8. The molecule has 0 unspecified atom stereocenters. The van der Waals surface area contributed by atoms with E-state index >= 15 is 0 Å². The largest absolute Gasteiger partial charge is 0.331 e. The molecule has 1 N–H and O–H groups in total. The molecule has 0 saturated carbocycles. The van der Waals surface area contributed by atoms with Crippen molar-refractivity contribution in [3.8, 4) is 0 Å². The van der Waals surface area contributed by atoms with Crippen LogP contribution in [0.5, 0.6) is 0 Å². The van der Waals surface area contributed by atoms with Gasteiger partial charge in [-0.3, -0.25) is 4.98 Å². The lowest BCUT2D eigenvalue weighted by molar-refractivity contribution is 0.377. The highest BCUT2D eigenvalue weighted by Gasteiger charge is 2.35. The quantitative estimate of drug-likeness (QED) is 0.736. The molecule has 1 atom stereocenters. The first kappa shape index (κ1) is 21.2. The van der Waals surface area contributed by atoms with Crippen LogP contribution in [-0.2, 0) is 10.2 Å². The zero-order valence-electron chi connectivity index (χ0n) is 17.2. The minimum Gasteiger partial charge on any atom is -0.331 e. The normalized spacial score (nSPS) is 18.1. The first-order chi connectivity index (χ1) is 13.2. The van der Waals surface area contributed by atoms with Gasteiger partial charge in [-0.2, -0.15) is 17.0 Å². The zero-order valence-corrected chi connectivity index (χ0v) is 18.8. The van der Waals surface area contributed by atoms with Crippen LogP contribution < -0.4 is 5.32 Å². The fourth-order valence-electron chi connectivity index (χ4n) is 3.52. The summed E-state index contributed by atoms with van der Waals surface area (Å²) < 4.78 is 28.7. The number of nitrogens with one attached hydrogen (secondary N) is 1. The molecule has 1 aliphatic rings. The monoisotopic (exact) mass is 423 g/mol. The van der Waals surface area contributed by atoms with Gasteiger partial charge < -0.3 is 5.32 Å². The number of nitrogens with zero attached hydrogens (tertiary/aromatic N) is 4. The molecule has 2 aromatic rings. The summed E-state index contributed by atoms with van der Waals surface area (Å²) in [4.78, 5) is 10.4. The number of aryl methyl sites for hydroxylation is 3. The van der Waals surface area contributed by atoms with Crippen molar-refractivity contribution in [1.82, 2.24) is 18.6 Å². The van der Waals surface area contributed by atoms with Crippen molar-refractivity contribution in [3.05, 3.63) is 34.1 Å². The summed E-state index contributed by atoms with van der Waals surface area (Å²) in [7, 11) is -3.40. The number of anilines is 2. The second kappa shape index (κ2) is 8.44. The molecule has 9 heteroatoms. The smallest absolute Gasteiger partial charge is 0.281 e. The summed E-state index contributed by atoms with van der Waals surface area (Å²) in [5, 5.41) is 4.24. The van der Waals surface area contributed by atoms with Crippen LogP contribution in [-0.4, -0.2) is 53.2 Å². The molecule has 7 nitrogen and oxygen atoms in total. The summed E-state index contributed by atoms with van der Waals surface area (Å²) in [5.74, 6) is 0.102. The van der Waals surface area contributed by atoms with Gasteiger partial charge in [0, 0.05) is 54.0 Å². The number of hydrogen-bond donors (Lipinski definition) is 1. The van der Waals surface area contributed by atoms with Gasteiger partial charge in [0.15, 0.2) is 5.13 Å². The van der Waals surface area contributed by atoms with Crippen molar-refractivity contribution < 1.29 is 8.42 Å². The number of rotatable bonds is 7. The van der Waals surface area contributed by atoms with Crippen molar-refractivity contribution in [2.24, 2.45) is 0 Å². The molecule has 3 heterocycles. The fraction of sp³-hybridized carbons (Fsp3) is 0.579. The van der Waals surface area contributed by atoms with Crippen molar-refractivity contribution >= 4 is 32.4 Å². The van der Waals surface area contributed by atoms with E-state index in [9.17, 15) is 8.42 Å². The Balaban J connectivity index is 1.78. The lowest BCUT2D eigenvalue weighted by Crippen LogP contribution is -2.42. The molecule has 1 fully saturated rings. The molecular weight excluding hydrogens is 394 g/mol. The Morgan fingerprint density at radius 3 is 2.54 bits per heavy atom. The van der Waals surface area contributed by atoms with E-state index in [1.807, 2.05) is 39.8 Å². The Kier molecular flexibility index (Phi) is 6.38. The molecule has 3 rings (SSSR count). The molecule has 1 saturated heterocycles. The van der Waals surface area contributed by atoms with Gasteiger partial charge in [0.1, 0.15) is 0 Å². The van der Waals surface area contributed by atoms with Crippen molar-refractivity contribution in [1.29, 1.82) is 0 Å². The third-order valence-corrected chi connectivity index (χ3v) is 8.32. The van der Waals surface area contributed by atoms with Crippen molar-refractivity contribution in [3.63, 3.8) is 0 Å².